The number of nitrogens with one attached hydrogen (secondary N) is 1. The van der Waals surface area contributed by atoms with Crippen molar-refractivity contribution in [3.63, 3.8) is 0 Å². The van der Waals surface area contributed by atoms with Crippen LogP contribution in [0.2, 0.25) is 0 Å². The van der Waals surface area contributed by atoms with Gasteiger partial charge in [-0.2, -0.15) is 8.42 Å². The van der Waals surface area contributed by atoms with E-state index in [4.69, 9.17) is 0 Å². The van der Waals surface area contributed by atoms with Crippen LogP contribution in [0.4, 0.5) is 10.5 Å². The molecular weight excluding hydrogens is 380 g/mol. The van der Waals surface area contributed by atoms with E-state index < -0.39 is 15.3 Å². The lowest BCUT2D eigenvalue weighted by atomic mass is 10.0. The lowest BCUT2D eigenvalue weighted by Gasteiger charge is -2.17. The van der Waals surface area contributed by atoms with E-state index in [9.17, 15) is 13.2 Å². The van der Waals surface area contributed by atoms with Gasteiger partial charge in [-0.3, -0.25) is 9.52 Å². The molecule has 0 aromatic heterocycles. The van der Waals surface area contributed by atoms with Crippen molar-refractivity contribution in [2.24, 2.45) is 0 Å². The molecule has 2 rings (SSSR count). The van der Waals surface area contributed by atoms with E-state index in [2.05, 4.69) is 20.7 Å². The van der Waals surface area contributed by atoms with Crippen LogP contribution in [0.25, 0.3) is 11.1 Å². The molecule has 0 aliphatic rings. The minimum absolute atomic E-state index is 0.306. The summed E-state index contributed by atoms with van der Waals surface area (Å²) in [5, 5.41) is -0.453. The van der Waals surface area contributed by atoms with Crippen LogP contribution in [0.5, 0.6) is 0 Å². The molecule has 1 amide bonds. The van der Waals surface area contributed by atoms with Crippen LogP contribution in [0.3, 0.4) is 0 Å². The first-order valence-corrected chi connectivity index (χ1v) is 9.54. The van der Waals surface area contributed by atoms with Gasteiger partial charge in [0.25, 0.3) is 0 Å². The van der Waals surface area contributed by atoms with Crippen molar-refractivity contribution in [1.29, 1.82) is 0 Å². The number of carbonyl (C=O) groups is 1. The molecule has 0 spiro atoms. The van der Waals surface area contributed by atoms with Gasteiger partial charge in [-0.1, -0.05) is 64.5 Å². The Balaban J connectivity index is 2.32. The van der Waals surface area contributed by atoms with E-state index in [0.717, 1.165) is 10.5 Å². The molecule has 0 fully saturated rings. The number of benzene rings is 2. The molecule has 0 unspecified atom stereocenters. The monoisotopic (exact) mass is 396 g/mol. The van der Waals surface area contributed by atoms with Crippen molar-refractivity contribution >= 4 is 36.9 Å². The zero-order valence-electron chi connectivity index (χ0n) is 12.6. The largest absolute Gasteiger partial charge is 0.359 e. The number of rotatable bonds is 5. The molecule has 5 nitrogen and oxygen atoms in total. The Morgan fingerprint density at radius 3 is 2.35 bits per heavy atom. The fourth-order valence-corrected chi connectivity index (χ4v) is 3.64. The van der Waals surface area contributed by atoms with Crippen molar-refractivity contribution < 1.29 is 13.2 Å². The Bertz CT molecular complexity index is 779. The summed E-state index contributed by atoms with van der Waals surface area (Å²) < 4.78 is 27.0. The predicted molar refractivity (Wildman–Crippen MR) is 96.2 cm³/mol. The summed E-state index contributed by atoms with van der Waals surface area (Å²) in [6.45, 7) is 0.306. The van der Waals surface area contributed by atoms with Crippen molar-refractivity contribution in [3.05, 3.63) is 54.6 Å². The summed E-state index contributed by atoms with van der Waals surface area (Å²) in [6, 6.07) is 16.4. The molecule has 0 bridgehead atoms. The molecule has 7 heteroatoms. The van der Waals surface area contributed by atoms with Crippen molar-refractivity contribution in [3.8, 4) is 11.1 Å². The smallest absolute Gasteiger partial charge is 0.330 e. The van der Waals surface area contributed by atoms with Gasteiger partial charge in [-0.25, -0.2) is 0 Å². The molecule has 0 saturated carbocycles. The molecule has 0 heterocycles. The fraction of sp³-hybridized carbons (Fsp3) is 0.188. The van der Waals surface area contributed by atoms with Gasteiger partial charge < -0.3 is 4.90 Å². The lowest BCUT2D eigenvalue weighted by molar-refractivity contribution is 0.233. The Labute approximate surface area is 144 Å². The van der Waals surface area contributed by atoms with E-state index in [1.807, 2.05) is 36.4 Å². The van der Waals surface area contributed by atoms with E-state index in [1.165, 1.54) is 7.05 Å². The Kier molecular flexibility index (Phi) is 5.79. The quantitative estimate of drug-likeness (QED) is 0.785. The molecule has 0 aliphatic heterocycles. The van der Waals surface area contributed by atoms with E-state index in [-0.39, 0.29) is 0 Å². The third-order valence-corrected chi connectivity index (χ3v) is 4.83. The highest BCUT2D eigenvalue weighted by Gasteiger charge is 2.26. The number of carbonyl (C=O) groups excluding carboxylic acids is 1. The maximum absolute atomic E-state index is 12.3. The number of amides is 1. The number of nitrogens with zero attached hydrogens (tertiary/aromatic N) is 1. The van der Waals surface area contributed by atoms with Crippen LogP contribution in [0.1, 0.15) is 0 Å². The number of alkyl halides is 1. The van der Waals surface area contributed by atoms with Gasteiger partial charge >= 0.3 is 15.3 Å². The standard InChI is InChI=1S/C16H17BrN2O3S/c1-19(12-11-17)16(20)23(21,22)18-15-10-6-5-9-14(15)13-7-3-2-4-8-13/h2-10,18H,11-12H2,1H3. The summed E-state index contributed by atoms with van der Waals surface area (Å²) >= 11 is 3.18. The van der Waals surface area contributed by atoms with Gasteiger partial charge in [-0.05, 0) is 11.6 Å². The normalized spacial score (nSPS) is 11.0. The second-order valence-corrected chi connectivity index (χ2v) is 7.25. The third kappa shape index (κ3) is 4.33. The van der Waals surface area contributed by atoms with Crippen LogP contribution < -0.4 is 4.72 Å². The summed E-state index contributed by atoms with van der Waals surface area (Å²) in [5.74, 6) is 0. The summed E-state index contributed by atoms with van der Waals surface area (Å²) in [6.07, 6.45) is 0. The van der Waals surface area contributed by atoms with Gasteiger partial charge in [0.2, 0.25) is 0 Å². The van der Waals surface area contributed by atoms with Crippen LogP contribution in [0.15, 0.2) is 54.6 Å². The number of para-hydroxylation sites is 1. The lowest BCUT2D eigenvalue weighted by Crippen LogP contribution is -2.36. The molecule has 1 N–H and O–H groups in total. The molecule has 2 aromatic rings. The number of sulfonamides is 1. The van der Waals surface area contributed by atoms with Gasteiger partial charge in [0.1, 0.15) is 0 Å². The number of anilines is 1. The SMILES string of the molecule is CN(CCBr)C(=O)S(=O)(=O)Nc1ccccc1-c1ccccc1. The zero-order chi connectivity index (χ0) is 16.9. The average Bonchev–Trinajstić information content (AvgIpc) is 2.55. The number of hydrogen-bond acceptors (Lipinski definition) is 3. The Morgan fingerprint density at radius 2 is 1.70 bits per heavy atom. The van der Waals surface area contributed by atoms with Crippen molar-refractivity contribution in [1.82, 2.24) is 4.90 Å². The average molecular weight is 397 g/mol. The van der Waals surface area contributed by atoms with Crippen LogP contribution in [0, 0.1) is 0 Å². The number of hydrogen-bond donors (Lipinski definition) is 1. The topological polar surface area (TPSA) is 66.5 Å². The van der Waals surface area contributed by atoms with Crippen molar-refractivity contribution in [2.75, 3.05) is 23.6 Å². The van der Waals surface area contributed by atoms with Gasteiger partial charge in [0.05, 0.1) is 5.69 Å². The molecular formula is C16H17BrN2O3S. The highest BCUT2D eigenvalue weighted by molar-refractivity contribution is 9.09. The minimum Gasteiger partial charge on any atom is -0.330 e. The van der Waals surface area contributed by atoms with Gasteiger partial charge in [0, 0.05) is 24.5 Å². The minimum atomic E-state index is -4.15. The second-order valence-electron chi connectivity index (χ2n) is 4.89. The van der Waals surface area contributed by atoms with E-state index in [0.29, 0.717) is 23.1 Å². The van der Waals surface area contributed by atoms with Crippen molar-refractivity contribution in [2.45, 2.75) is 0 Å². The molecule has 0 radical (unpaired) electrons. The maximum atomic E-state index is 12.3. The molecule has 0 atom stereocenters. The zero-order valence-corrected chi connectivity index (χ0v) is 15.0. The summed E-state index contributed by atoms with van der Waals surface area (Å²) in [5.41, 5.74) is 1.96. The summed E-state index contributed by atoms with van der Waals surface area (Å²) in [7, 11) is -2.70. The van der Waals surface area contributed by atoms with Crippen LogP contribution in [-0.2, 0) is 10.0 Å². The van der Waals surface area contributed by atoms with Crippen LogP contribution in [-0.4, -0.2) is 37.5 Å². The molecule has 0 aliphatic carbocycles. The first-order valence-electron chi connectivity index (χ1n) is 6.94. The van der Waals surface area contributed by atoms with Crippen LogP contribution >= 0.6 is 15.9 Å². The first kappa shape index (κ1) is 17.5. The first-order chi connectivity index (χ1) is 11.0. The molecule has 2 aromatic carbocycles. The van der Waals surface area contributed by atoms with Gasteiger partial charge in [-0.15, -0.1) is 0 Å². The molecule has 23 heavy (non-hydrogen) atoms. The maximum Gasteiger partial charge on any atom is 0.359 e. The van der Waals surface area contributed by atoms with Gasteiger partial charge in [0.15, 0.2) is 0 Å². The van der Waals surface area contributed by atoms with E-state index >= 15 is 0 Å². The number of halogens is 1. The highest BCUT2D eigenvalue weighted by atomic mass is 79.9. The summed E-state index contributed by atoms with van der Waals surface area (Å²) in [4.78, 5) is 13.2. The Morgan fingerprint density at radius 1 is 1.09 bits per heavy atom. The molecule has 122 valence electrons. The second kappa shape index (κ2) is 7.61. The van der Waals surface area contributed by atoms with E-state index in [1.54, 1.807) is 18.2 Å². The molecule has 0 saturated heterocycles. The predicted octanol–water partition coefficient (Wildman–Crippen LogP) is 3.54. The Hall–Kier alpha value is -1.86. The fourth-order valence-electron chi connectivity index (χ4n) is 2.05. The highest BCUT2D eigenvalue weighted by Crippen LogP contribution is 2.28. The third-order valence-electron chi connectivity index (χ3n) is 3.22.